The summed E-state index contributed by atoms with van der Waals surface area (Å²) in [6.07, 6.45) is 0. The average Bonchev–Trinajstić information content (AvgIpc) is 2.98. The maximum absolute atomic E-state index is 13.0. The van der Waals surface area contributed by atoms with E-state index < -0.39 is 0 Å². The van der Waals surface area contributed by atoms with Crippen LogP contribution in [0.4, 0.5) is 9.52 Å². The Bertz CT molecular complexity index is 586. The number of nitrogens with zero attached hydrogens (tertiary/aromatic N) is 3. The molecule has 0 bridgehead atoms. The highest BCUT2D eigenvalue weighted by Crippen LogP contribution is 2.28. The molecule has 0 amide bonds. The second-order valence-corrected chi connectivity index (χ2v) is 6.48. The van der Waals surface area contributed by atoms with Gasteiger partial charge in [-0.25, -0.2) is 9.37 Å². The van der Waals surface area contributed by atoms with Crippen LogP contribution in [0.3, 0.4) is 0 Å². The van der Waals surface area contributed by atoms with Crippen LogP contribution in [0, 0.1) is 5.82 Å². The van der Waals surface area contributed by atoms with Gasteiger partial charge in [0.1, 0.15) is 5.82 Å². The van der Waals surface area contributed by atoms with Crippen LogP contribution in [-0.4, -0.2) is 42.1 Å². The molecule has 1 aliphatic heterocycles. The number of aromatic nitrogens is 1. The van der Waals surface area contributed by atoms with Crippen molar-refractivity contribution in [1.29, 1.82) is 0 Å². The monoisotopic (exact) mass is 305 g/mol. The second-order valence-electron chi connectivity index (χ2n) is 5.64. The normalized spacial score (nSPS) is 16.7. The van der Waals surface area contributed by atoms with Crippen LogP contribution < -0.4 is 4.90 Å². The lowest BCUT2D eigenvalue weighted by Gasteiger charge is -2.36. The fraction of sp³-hybridized carbons (Fsp3) is 0.438. The van der Waals surface area contributed by atoms with E-state index in [2.05, 4.69) is 29.0 Å². The number of thiazole rings is 1. The molecule has 0 N–H and O–H groups in total. The van der Waals surface area contributed by atoms with Crippen LogP contribution in [0.15, 0.2) is 29.6 Å². The second kappa shape index (κ2) is 6.12. The van der Waals surface area contributed by atoms with Gasteiger partial charge < -0.3 is 4.90 Å². The van der Waals surface area contributed by atoms with E-state index in [9.17, 15) is 4.39 Å². The molecule has 1 fully saturated rings. The average molecular weight is 305 g/mol. The maximum Gasteiger partial charge on any atom is 0.185 e. The fourth-order valence-corrected chi connectivity index (χ4v) is 3.48. The SMILES string of the molecule is CC(C)N1CCN(c2nc(-c3ccc(F)cc3)cs2)CC1. The van der Waals surface area contributed by atoms with Gasteiger partial charge in [0.2, 0.25) is 0 Å². The molecule has 0 aliphatic carbocycles. The lowest BCUT2D eigenvalue weighted by molar-refractivity contribution is 0.209. The van der Waals surface area contributed by atoms with Crippen molar-refractivity contribution in [3.8, 4) is 11.3 Å². The third kappa shape index (κ3) is 3.24. The zero-order valence-electron chi connectivity index (χ0n) is 12.4. The van der Waals surface area contributed by atoms with Gasteiger partial charge in [-0.1, -0.05) is 0 Å². The van der Waals surface area contributed by atoms with Crippen molar-refractivity contribution in [2.75, 3.05) is 31.1 Å². The quantitative estimate of drug-likeness (QED) is 0.865. The van der Waals surface area contributed by atoms with E-state index in [1.165, 1.54) is 12.1 Å². The molecule has 0 spiro atoms. The molecular weight excluding hydrogens is 285 g/mol. The molecule has 0 radical (unpaired) electrons. The first-order valence-corrected chi connectivity index (χ1v) is 8.22. The van der Waals surface area contributed by atoms with E-state index in [4.69, 9.17) is 4.98 Å². The van der Waals surface area contributed by atoms with Crippen molar-refractivity contribution in [1.82, 2.24) is 9.88 Å². The Kier molecular flexibility index (Phi) is 4.22. The third-order valence-electron chi connectivity index (χ3n) is 3.95. The van der Waals surface area contributed by atoms with E-state index in [0.29, 0.717) is 6.04 Å². The van der Waals surface area contributed by atoms with Gasteiger partial charge in [-0.3, -0.25) is 4.90 Å². The molecule has 5 heteroatoms. The van der Waals surface area contributed by atoms with E-state index >= 15 is 0 Å². The molecule has 0 atom stereocenters. The van der Waals surface area contributed by atoms with E-state index in [1.54, 1.807) is 23.5 Å². The van der Waals surface area contributed by atoms with Gasteiger partial charge >= 0.3 is 0 Å². The van der Waals surface area contributed by atoms with Crippen LogP contribution in [0.2, 0.25) is 0 Å². The first kappa shape index (κ1) is 14.5. The van der Waals surface area contributed by atoms with Crippen LogP contribution in [-0.2, 0) is 0 Å². The Morgan fingerprint density at radius 3 is 2.38 bits per heavy atom. The van der Waals surface area contributed by atoms with Crippen LogP contribution in [0.25, 0.3) is 11.3 Å². The molecule has 1 saturated heterocycles. The van der Waals surface area contributed by atoms with Crippen LogP contribution in [0.1, 0.15) is 13.8 Å². The summed E-state index contributed by atoms with van der Waals surface area (Å²) in [4.78, 5) is 9.54. The first-order valence-electron chi connectivity index (χ1n) is 7.34. The molecule has 3 rings (SSSR count). The number of hydrogen-bond donors (Lipinski definition) is 0. The molecule has 1 aliphatic rings. The highest BCUT2D eigenvalue weighted by molar-refractivity contribution is 7.14. The largest absolute Gasteiger partial charge is 0.346 e. The van der Waals surface area contributed by atoms with Crippen LogP contribution >= 0.6 is 11.3 Å². The lowest BCUT2D eigenvalue weighted by Crippen LogP contribution is -2.48. The number of benzene rings is 1. The first-order chi connectivity index (χ1) is 10.1. The third-order valence-corrected chi connectivity index (χ3v) is 4.85. The van der Waals surface area contributed by atoms with Gasteiger partial charge in [-0.2, -0.15) is 0 Å². The number of halogens is 1. The highest BCUT2D eigenvalue weighted by Gasteiger charge is 2.20. The summed E-state index contributed by atoms with van der Waals surface area (Å²) in [5.74, 6) is -0.209. The molecule has 0 unspecified atom stereocenters. The molecule has 21 heavy (non-hydrogen) atoms. The molecule has 112 valence electrons. The molecule has 2 heterocycles. The van der Waals surface area contributed by atoms with E-state index in [1.807, 2.05) is 0 Å². The predicted octanol–water partition coefficient (Wildman–Crippen LogP) is 3.48. The van der Waals surface area contributed by atoms with Crippen molar-refractivity contribution < 1.29 is 4.39 Å². The van der Waals surface area contributed by atoms with Crippen molar-refractivity contribution in [2.45, 2.75) is 19.9 Å². The van der Waals surface area contributed by atoms with Crippen molar-refractivity contribution in [3.05, 3.63) is 35.5 Å². The van der Waals surface area contributed by atoms with Crippen LogP contribution in [0.5, 0.6) is 0 Å². The van der Waals surface area contributed by atoms with Gasteiger partial charge in [-0.15, -0.1) is 11.3 Å². The van der Waals surface area contributed by atoms with Gasteiger partial charge in [0.15, 0.2) is 5.13 Å². The molecule has 1 aromatic carbocycles. The summed E-state index contributed by atoms with van der Waals surface area (Å²) in [5, 5.41) is 3.12. The van der Waals surface area contributed by atoms with Crippen molar-refractivity contribution >= 4 is 16.5 Å². The number of rotatable bonds is 3. The van der Waals surface area contributed by atoms with Crippen molar-refractivity contribution in [2.24, 2.45) is 0 Å². The van der Waals surface area contributed by atoms with E-state index in [0.717, 1.165) is 42.6 Å². The highest BCUT2D eigenvalue weighted by atomic mass is 32.1. The molecule has 0 saturated carbocycles. The fourth-order valence-electron chi connectivity index (χ4n) is 2.59. The maximum atomic E-state index is 13.0. The standard InChI is InChI=1S/C16H20FN3S/c1-12(2)19-7-9-20(10-8-19)16-18-15(11-21-16)13-3-5-14(17)6-4-13/h3-6,11-12H,7-10H2,1-2H3. The van der Waals surface area contributed by atoms with Gasteiger partial charge in [0.05, 0.1) is 5.69 Å². The molecule has 3 nitrogen and oxygen atoms in total. The summed E-state index contributed by atoms with van der Waals surface area (Å²) in [5.41, 5.74) is 1.90. The van der Waals surface area contributed by atoms with Gasteiger partial charge in [0.25, 0.3) is 0 Å². The number of hydrogen-bond acceptors (Lipinski definition) is 4. The zero-order chi connectivity index (χ0) is 14.8. The predicted molar refractivity (Wildman–Crippen MR) is 86.4 cm³/mol. The minimum Gasteiger partial charge on any atom is -0.346 e. The number of piperazine rings is 1. The Balaban J connectivity index is 1.70. The summed E-state index contributed by atoms with van der Waals surface area (Å²) >= 11 is 1.67. The Hall–Kier alpha value is -1.46. The topological polar surface area (TPSA) is 19.4 Å². The minimum atomic E-state index is -0.209. The Morgan fingerprint density at radius 1 is 1.10 bits per heavy atom. The van der Waals surface area contributed by atoms with Crippen molar-refractivity contribution in [3.63, 3.8) is 0 Å². The summed E-state index contributed by atoms with van der Waals surface area (Å²) in [7, 11) is 0. The lowest BCUT2D eigenvalue weighted by atomic mass is 10.2. The van der Waals surface area contributed by atoms with Gasteiger partial charge in [0, 0.05) is 43.2 Å². The number of anilines is 1. The summed E-state index contributed by atoms with van der Waals surface area (Å²) in [6.45, 7) is 8.70. The summed E-state index contributed by atoms with van der Waals surface area (Å²) < 4.78 is 13.0. The zero-order valence-corrected chi connectivity index (χ0v) is 13.2. The van der Waals surface area contributed by atoms with Gasteiger partial charge in [-0.05, 0) is 38.1 Å². The Labute approximate surface area is 129 Å². The van der Waals surface area contributed by atoms with E-state index in [-0.39, 0.29) is 5.82 Å². The smallest absolute Gasteiger partial charge is 0.185 e. The molecule has 1 aromatic heterocycles. The summed E-state index contributed by atoms with van der Waals surface area (Å²) in [6, 6.07) is 7.14. The Morgan fingerprint density at radius 2 is 1.76 bits per heavy atom. The molecule has 2 aromatic rings. The molecular formula is C16H20FN3S. The minimum absolute atomic E-state index is 0.209.